The number of likely N-dealkylation sites (N-methyl/N-ethyl adjacent to an activating group) is 1. The van der Waals surface area contributed by atoms with E-state index in [9.17, 15) is 0 Å². The summed E-state index contributed by atoms with van der Waals surface area (Å²) in [5, 5.41) is 0. The highest BCUT2D eigenvalue weighted by atomic mass is 15.3. The minimum atomic E-state index is 0.830. The zero-order valence-corrected chi connectivity index (χ0v) is 13.4. The Hall–Kier alpha value is -0.900. The number of rotatable bonds is 4. The van der Waals surface area contributed by atoms with E-state index in [2.05, 4.69) is 52.0 Å². The van der Waals surface area contributed by atoms with Crippen LogP contribution in [0.25, 0.3) is 0 Å². The van der Waals surface area contributed by atoms with Crippen LogP contribution in [-0.2, 0) is 6.54 Å². The standard InChI is InChI=1S/C18H29N3/c1-2-19-12-14-21(15-13-19)18-8-10-20(11-9-18)16-17-6-4-3-5-7-17/h3-7,18H,2,8-16H2,1H3. The highest BCUT2D eigenvalue weighted by Crippen LogP contribution is 2.19. The van der Waals surface area contributed by atoms with Crippen molar-refractivity contribution in [3.05, 3.63) is 35.9 Å². The highest BCUT2D eigenvalue weighted by Gasteiger charge is 2.26. The zero-order valence-electron chi connectivity index (χ0n) is 13.4. The summed E-state index contributed by atoms with van der Waals surface area (Å²) < 4.78 is 0. The molecule has 3 nitrogen and oxygen atoms in total. The van der Waals surface area contributed by atoms with Crippen molar-refractivity contribution in [3.63, 3.8) is 0 Å². The Bertz CT molecular complexity index is 404. The fourth-order valence-electron chi connectivity index (χ4n) is 3.73. The summed E-state index contributed by atoms with van der Waals surface area (Å²) >= 11 is 0. The average Bonchev–Trinajstić information content (AvgIpc) is 2.57. The van der Waals surface area contributed by atoms with Gasteiger partial charge in [-0.25, -0.2) is 0 Å². The van der Waals surface area contributed by atoms with Gasteiger partial charge < -0.3 is 4.90 Å². The summed E-state index contributed by atoms with van der Waals surface area (Å²) in [6, 6.07) is 11.7. The van der Waals surface area contributed by atoms with Crippen molar-refractivity contribution >= 4 is 0 Å². The second kappa shape index (κ2) is 7.39. The lowest BCUT2D eigenvalue weighted by molar-refractivity contribution is 0.0593. The van der Waals surface area contributed by atoms with Crippen molar-refractivity contribution in [3.8, 4) is 0 Å². The van der Waals surface area contributed by atoms with Gasteiger partial charge in [-0.15, -0.1) is 0 Å². The maximum atomic E-state index is 2.74. The van der Waals surface area contributed by atoms with Gasteiger partial charge in [0, 0.05) is 38.8 Å². The summed E-state index contributed by atoms with van der Waals surface area (Å²) in [4.78, 5) is 7.93. The molecule has 2 fully saturated rings. The fourth-order valence-corrected chi connectivity index (χ4v) is 3.73. The Balaban J connectivity index is 1.43. The predicted molar refractivity (Wildman–Crippen MR) is 88.4 cm³/mol. The van der Waals surface area contributed by atoms with Gasteiger partial charge in [-0.3, -0.25) is 9.80 Å². The summed E-state index contributed by atoms with van der Waals surface area (Å²) in [6.07, 6.45) is 2.69. The molecule has 116 valence electrons. The van der Waals surface area contributed by atoms with E-state index in [0.29, 0.717) is 0 Å². The van der Waals surface area contributed by atoms with E-state index >= 15 is 0 Å². The maximum Gasteiger partial charge on any atom is 0.0233 e. The lowest BCUT2D eigenvalue weighted by Gasteiger charge is -2.42. The Morgan fingerprint density at radius 1 is 0.857 bits per heavy atom. The van der Waals surface area contributed by atoms with Crippen LogP contribution in [-0.4, -0.2) is 66.6 Å². The Labute approximate surface area is 129 Å². The van der Waals surface area contributed by atoms with Crippen LogP contribution in [0.4, 0.5) is 0 Å². The second-order valence-electron chi connectivity index (χ2n) is 6.46. The number of likely N-dealkylation sites (tertiary alicyclic amines) is 1. The number of piperidine rings is 1. The van der Waals surface area contributed by atoms with Crippen molar-refractivity contribution in [1.82, 2.24) is 14.7 Å². The van der Waals surface area contributed by atoms with Crippen LogP contribution in [0.2, 0.25) is 0 Å². The van der Waals surface area contributed by atoms with E-state index in [4.69, 9.17) is 0 Å². The first-order chi connectivity index (χ1) is 10.3. The van der Waals surface area contributed by atoms with Gasteiger partial charge in [0.05, 0.1) is 0 Å². The summed E-state index contributed by atoms with van der Waals surface area (Å²) in [7, 11) is 0. The summed E-state index contributed by atoms with van der Waals surface area (Å²) in [5.41, 5.74) is 1.45. The second-order valence-corrected chi connectivity index (χ2v) is 6.46. The molecule has 3 heteroatoms. The van der Waals surface area contributed by atoms with Crippen molar-refractivity contribution in [2.75, 3.05) is 45.8 Å². The molecular formula is C18H29N3. The number of hydrogen-bond donors (Lipinski definition) is 0. The van der Waals surface area contributed by atoms with Gasteiger partial charge in [-0.05, 0) is 38.0 Å². The van der Waals surface area contributed by atoms with Gasteiger partial charge >= 0.3 is 0 Å². The lowest BCUT2D eigenvalue weighted by Crippen LogP contribution is -2.52. The van der Waals surface area contributed by atoms with Gasteiger partial charge in [-0.2, -0.15) is 0 Å². The van der Waals surface area contributed by atoms with E-state index in [1.807, 2.05) is 0 Å². The number of nitrogens with zero attached hydrogens (tertiary/aromatic N) is 3. The molecule has 1 aromatic rings. The molecule has 0 aliphatic carbocycles. The van der Waals surface area contributed by atoms with Crippen molar-refractivity contribution < 1.29 is 0 Å². The van der Waals surface area contributed by atoms with Gasteiger partial charge in [0.1, 0.15) is 0 Å². The Kier molecular flexibility index (Phi) is 5.28. The molecule has 0 amide bonds. The Morgan fingerprint density at radius 2 is 1.52 bits per heavy atom. The van der Waals surface area contributed by atoms with Gasteiger partial charge in [-0.1, -0.05) is 37.3 Å². The molecule has 21 heavy (non-hydrogen) atoms. The van der Waals surface area contributed by atoms with Crippen molar-refractivity contribution in [1.29, 1.82) is 0 Å². The van der Waals surface area contributed by atoms with Crippen LogP contribution in [0, 0.1) is 0 Å². The van der Waals surface area contributed by atoms with E-state index in [-0.39, 0.29) is 0 Å². The normalized spacial score (nSPS) is 23.5. The minimum Gasteiger partial charge on any atom is -0.301 e. The van der Waals surface area contributed by atoms with Gasteiger partial charge in [0.25, 0.3) is 0 Å². The molecule has 0 bridgehead atoms. The monoisotopic (exact) mass is 287 g/mol. The van der Waals surface area contributed by atoms with Crippen LogP contribution >= 0.6 is 0 Å². The predicted octanol–water partition coefficient (Wildman–Crippen LogP) is 2.29. The SMILES string of the molecule is CCN1CCN(C2CCN(Cc3ccccc3)CC2)CC1. The van der Waals surface area contributed by atoms with Gasteiger partial charge in [0.2, 0.25) is 0 Å². The van der Waals surface area contributed by atoms with Gasteiger partial charge in [0.15, 0.2) is 0 Å². The Morgan fingerprint density at radius 3 is 2.14 bits per heavy atom. The van der Waals surface area contributed by atoms with E-state index in [0.717, 1.165) is 12.6 Å². The third-order valence-corrected chi connectivity index (χ3v) is 5.18. The molecule has 0 unspecified atom stereocenters. The van der Waals surface area contributed by atoms with Crippen LogP contribution in [0.1, 0.15) is 25.3 Å². The molecule has 3 rings (SSSR count). The molecule has 1 aromatic carbocycles. The molecule has 0 atom stereocenters. The number of benzene rings is 1. The van der Waals surface area contributed by atoms with E-state index < -0.39 is 0 Å². The average molecular weight is 287 g/mol. The van der Waals surface area contributed by atoms with Crippen LogP contribution in [0.5, 0.6) is 0 Å². The molecule has 2 aliphatic heterocycles. The first-order valence-electron chi connectivity index (χ1n) is 8.58. The molecule has 2 heterocycles. The molecule has 0 aromatic heterocycles. The molecule has 0 saturated carbocycles. The highest BCUT2D eigenvalue weighted by molar-refractivity contribution is 5.14. The van der Waals surface area contributed by atoms with E-state index in [1.54, 1.807) is 0 Å². The zero-order chi connectivity index (χ0) is 14.5. The van der Waals surface area contributed by atoms with E-state index in [1.165, 1.54) is 64.2 Å². The molecular weight excluding hydrogens is 258 g/mol. The molecule has 2 aliphatic rings. The molecule has 0 N–H and O–H groups in total. The van der Waals surface area contributed by atoms with Crippen molar-refractivity contribution in [2.24, 2.45) is 0 Å². The summed E-state index contributed by atoms with van der Waals surface area (Å²) in [6.45, 7) is 12.2. The molecule has 0 radical (unpaired) electrons. The summed E-state index contributed by atoms with van der Waals surface area (Å²) in [5.74, 6) is 0. The third kappa shape index (κ3) is 4.06. The number of piperazine rings is 1. The third-order valence-electron chi connectivity index (χ3n) is 5.18. The van der Waals surface area contributed by atoms with Crippen molar-refractivity contribution in [2.45, 2.75) is 32.4 Å². The smallest absolute Gasteiger partial charge is 0.0233 e. The molecule has 2 saturated heterocycles. The largest absolute Gasteiger partial charge is 0.301 e. The van der Waals surface area contributed by atoms with Crippen LogP contribution in [0.15, 0.2) is 30.3 Å². The minimum absolute atomic E-state index is 0.830. The fraction of sp³-hybridized carbons (Fsp3) is 0.667. The lowest BCUT2D eigenvalue weighted by atomic mass is 10.0. The first kappa shape index (κ1) is 15.0. The van der Waals surface area contributed by atoms with Crippen LogP contribution < -0.4 is 0 Å². The number of hydrogen-bond acceptors (Lipinski definition) is 3. The topological polar surface area (TPSA) is 9.72 Å². The molecule has 0 spiro atoms. The first-order valence-corrected chi connectivity index (χ1v) is 8.58. The maximum absolute atomic E-state index is 2.74. The quantitative estimate of drug-likeness (QED) is 0.841. The van der Waals surface area contributed by atoms with Crippen LogP contribution in [0.3, 0.4) is 0 Å².